The Bertz CT molecular complexity index is 434. The van der Waals surface area contributed by atoms with E-state index >= 15 is 0 Å². The number of unbranched alkanes of at least 4 members (excludes halogenated alkanes) is 3. The molecule has 0 rings (SSSR count). The number of carbonyl (C=O) groups is 3. The number of rotatable bonds is 20. The van der Waals surface area contributed by atoms with Crippen molar-refractivity contribution in [2.75, 3.05) is 47.7 Å². The Balaban J connectivity index is 4.37. The van der Waals surface area contributed by atoms with E-state index in [2.05, 4.69) is 20.8 Å². The fourth-order valence-electron chi connectivity index (χ4n) is 2.00. The molecule has 0 fully saturated rings. The number of esters is 3. The lowest BCUT2D eigenvalue weighted by molar-refractivity contribution is -0.163. The van der Waals surface area contributed by atoms with Gasteiger partial charge in [0.15, 0.2) is 6.10 Å². The summed E-state index contributed by atoms with van der Waals surface area (Å²) in [5.41, 5.74) is 0. The van der Waals surface area contributed by atoms with Crippen molar-refractivity contribution in [3.05, 3.63) is 0 Å². The molecule has 30 heavy (non-hydrogen) atoms. The number of ether oxygens (including phenoxy) is 3. The summed E-state index contributed by atoms with van der Waals surface area (Å²) in [6, 6.07) is 0. The third kappa shape index (κ3) is 19.4. The Morgan fingerprint density at radius 1 is 0.633 bits per heavy atom. The predicted octanol–water partition coefficient (Wildman–Crippen LogP) is 4.58. The average Bonchev–Trinajstić information content (AvgIpc) is 2.73. The van der Waals surface area contributed by atoms with Crippen LogP contribution >= 0.6 is 35.3 Å². The molecule has 0 atom stereocenters. The molecule has 176 valence electrons. The Hall–Kier alpha value is -0.540. The summed E-state index contributed by atoms with van der Waals surface area (Å²) in [4.78, 5) is 35.8. The second kappa shape index (κ2) is 21.7. The predicted molar refractivity (Wildman–Crippen MR) is 128 cm³/mol. The van der Waals surface area contributed by atoms with Gasteiger partial charge < -0.3 is 14.2 Å². The highest BCUT2D eigenvalue weighted by Crippen LogP contribution is 2.09. The van der Waals surface area contributed by atoms with Crippen molar-refractivity contribution in [3.8, 4) is 0 Å². The van der Waals surface area contributed by atoms with Crippen LogP contribution in [0.4, 0.5) is 0 Å². The number of hydrogen-bond acceptors (Lipinski definition) is 9. The van der Waals surface area contributed by atoms with Crippen molar-refractivity contribution < 1.29 is 28.6 Å². The van der Waals surface area contributed by atoms with E-state index in [0.29, 0.717) is 0 Å². The van der Waals surface area contributed by atoms with E-state index in [1.165, 1.54) is 35.3 Å². The zero-order valence-corrected chi connectivity index (χ0v) is 21.1. The molecule has 0 aromatic carbocycles. The van der Waals surface area contributed by atoms with Crippen LogP contribution < -0.4 is 0 Å². The van der Waals surface area contributed by atoms with E-state index in [-0.39, 0.29) is 48.4 Å². The van der Waals surface area contributed by atoms with E-state index in [1.54, 1.807) is 0 Å². The third-order valence-electron chi connectivity index (χ3n) is 3.74. The van der Waals surface area contributed by atoms with Crippen molar-refractivity contribution in [1.82, 2.24) is 0 Å². The molecular weight excluding hydrogens is 444 g/mol. The van der Waals surface area contributed by atoms with Crippen LogP contribution in [0.15, 0.2) is 0 Å². The van der Waals surface area contributed by atoms with Gasteiger partial charge in [-0.05, 0) is 36.5 Å². The standard InChI is InChI=1S/C21H38O6S3/c1-4-7-10-28-15-19(22)25-13-18(27-21(24)17-30-12-9-6-3)14-26-20(23)16-29-11-8-5-2/h18H,4-17H2,1-3H3. The number of thioether (sulfide) groups is 3. The van der Waals surface area contributed by atoms with Gasteiger partial charge in [-0.25, -0.2) is 0 Å². The Kier molecular flexibility index (Phi) is 21.3. The monoisotopic (exact) mass is 482 g/mol. The first-order chi connectivity index (χ1) is 14.5. The SMILES string of the molecule is CCCCSCC(=O)OCC(COC(=O)CSCCCC)OC(=O)CSCCCC. The normalized spacial score (nSPS) is 10.8. The molecule has 0 aromatic rings. The van der Waals surface area contributed by atoms with E-state index in [4.69, 9.17) is 14.2 Å². The minimum Gasteiger partial charge on any atom is -0.461 e. The zero-order chi connectivity index (χ0) is 22.5. The van der Waals surface area contributed by atoms with Gasteiger partial charge in [-0.1, -0.05) is 40.0 Å². The summed E-state index contributed by atoms with van der Waals surface area (Å²) >= 11 is 4.56. The lowest BCUT2D eigenvalue weighted by Crippen LogP contribution is -2.32. The van der Waals surface area contributed by atoms with Gasteiger partial charge in [0, 0.05) is 0 Å². The van der Waals surface area contributed by atoms with Crippen LogP contribution in [0.2, 0.25) is 0 Å². The molecule has 0 aromatic heterocycles. The van der Waals surface area contributed by atoms with Gasteiger partial charge >= 0.3 is 17.9 Å². The highest BCUT2D eigenvalue weighted by atomic mass is 32.2. The molecule has 0 saturated heterocycles. The molecule has 0 bridgehead atoms. The summed E-state index contributed by atoms with van der Waals surface area (Å²) in [6.45, 7) is 6.09. The maximum Gasteiger partial charge on any atom is 0.316 e. The van der Waals surface area contributed by atoms with Gasteiger partial charge in [0.2, 0.25) is 0 Å². The highest BCUT2D eigenvalue weighted by molar-refractivity contribution is 8.00. The Morgan fingerprint density at radius 3 is 1.37 bits per heavy atom. The number of carbonyl (C=O) groups excluding carboxylic acids is 3. The summed E-state index contributed by atoms with van der Waals surface area (Å²) in [6.07, 6.45) is 5.61. The number of hydrogen-bond donors (Lipinski definition) is 0. The maximum absolute atomic E-state index is 12.1. The third-order valence-corrected chi connectivity index (χ3v) is 6.80. The summed E-state index contributed by atoms with van der Waals surface area (Å²) < 4.78 is 15.9. The summed E-state index contributed by atoms with van der Waals surface area (Å²) in [7, 11) is 0. The van der Waals surface area contributed by atoms with Crippen LogP contribution in [0.25, 0.3) is 0 Å². The van der Waals surface area contributed by atoms with E-state index < -0.39 is 6.10 Å². The smallest absolute Gasteiger partial charge is 0.316 e. The molecule has 0 amide bonds. The maximum atomic E-state index is 12.1. The molecule has 0 radical (unpaired) electrons. The molecule has 0 spiro atoms. The van der Waals surface area contributed by atoms with E-state index in [1.807, 2.05) is 0 Å². The first-order valence-corrected chi connectivity index (χ1v) is 14.2. The topological polar surface area (TPSA) is 78.9 Å². The second-order valence-electron chi connectivity index (χ2n) is 6.70. The largest absolute Gasteiger partial charge is 0.461 e. The molecule has 0 N–H and O–H groups in total. The van der Waals surface area contributed by atoms with Crippen LogP contribution in [0, 0.1) is 0 Å². The molecule has 9 heteroatoms. The Labute approximate surface area is 194 Å². The van der Waals surface area contributed by atoms with Crippen LogP contribution in [-0.2, 0) is 28.6 Å². The Morgan fingerprint density at radius 2 is 1.00 bits per heavy atom. The van der Waals surface area contributed by atoms with Crippen LogP contribution in [0.5, 0.6) is 0 Å². The molecule has 6 nitrogen and oxygen atoms in total. The van der Waals surface area contributed by atoms with Crippen LogP contribution in [0.1, 0.15) is 59.3 Å². The van der Waals surface area contributed by atoms with Crippen molar-refractivity contribution in [1.29, 1.82) is 0 Å². The van der Waals surface area contributed by atoms with Gasteiger partial charge in [0.25, 0.3) is 0 Å². The second-order valence-corrected chi connectivity index (χ2v) is 10.0. The fraction of sp³-hybridized carbons (Fsp3) is 0.857. The van der Waals surface area contributed by atoms with Gasteiger partial charge in [0.1, 0.15) is 13.2 Å². The molecule has 0 unspecified atom stereocenters. The molecular formula is C21H38O6S3. The van der Waals surface area contributed by atoms with Gasteiger partial charge in [-0.2, -0.15) is 35.3 Å². The lowest BCUT2D eigenvalue weighted by atomic mass is 10.4. The summed E-state index contributed by atoms with van der Waals surface area (Å²) in [5, 5.41) is 0. The van der Waals surface area contributed by atoms with Crippen molar-refractivity contribution in [3.63, 3.8) is 0 Å². The molecule has 0 aliphatic heterocycles. The van der Waals surface area contributed by atoms with Crippen LogP contribution in [0.3, 0.4) is 0 Å². The minimum absolute atomic E-state index is 0.102. The van der Waals surface area contributed by atoms with Crippen molar-refractivity contribution in [2.24, 2.45) is 0 Å². The van der Waals surface area contributed by atoms with Crippen molar-refractivity contribution in [2.45, 2.75) is 65.4 Å². The molecule has 0 saturated carbocycles. The molecule has 0 aliphatic rings. The lowest BCUT2D eigenvalue weighted by Gasteiger charge is -2.18. The molecule has 0 aliphatic carbocycles. The van der Waals surface area contributed by atoms with E-state index in [0.717, 1.165) is 55.8 Å². The molecule has 0 heterocycles. The fourth-order valence-corrected chi connectivity index (χ4v) is 4.64. The van der Waals surface area contributed by atoms with Crippen LogP contribution in [-0.4, -0.2) is 71.7 Å². The van der Waals surface area contributed by atoms with Crippen molar-refractivity contribution >= 4 is 53.2 Å². The highest BCUT2D eigenvalue weighted by Gasteiger charge is 2.19. The average molecular weight is 483 g/mol. The van der Waals surface area contributed by atoms with Gasteiger partial charge in [0.05, 0.1) is 17.3 Å². The quantitative estimate of drug-likeness (QED) is 0.141. The first-order valence-electron chi connectivity index (χ1n) is 10.8. The first kappa shape index (κ1) is 29.5. The minimum atomic E-state index is -0.779. The van der Waals surface area contributed by atoms with E-state index in [9.17, 15) is 14.4 Å². The zero-order valence-electron chi connectivity index (χ0n) is 18.7. The van der Waals surface area contributed by atoms with Gasteiger partial charge in [-0.3, -0.25) is 14.4 Å². The summed E-state index contributed by atoms with van der Waals surface area (Å²) in [5.74, 6) is 2.39. The van der Waals surface area contributed by atoms with Gasteiger partial charge in [-0.15, -0.1) is 0 Å².